The van der Waals surface area contributed by atoms with Crippen molar-refractivity contribution in [1.29, 1.82) is 0 Å². The molecule has 7 heteroatoms. The summed E-state index contributed by atoms with van der Waals surface area (Å²) in [5.74, 6) is -0.900. The lowest BCUT2D eigenvalue weighted by Gasteiger charge is -2.20. The quantitative estimate of drug-likeness (QED) is 0.881. The minimum Gasteiger partial charge on any atom is -0.325 e. The number of hydrogen-bond donors (Lipinski definition) is 1. The normalized spacial score (nSPS) is 11.4. The molecule has 23 heavy (non-hydrogen) atoms. The van der Waals surface area contributed by atoms with Gasteiger partial charge in [-0.2, -0.15) is 4.31 Å². The van der Waals surface area contributed by atoms with Crippen molar-refractivity contribution in [3.63, 3.8) is 0 Å². The molecule has 0 aliphatic rings. The molecule has 2 rings (SSSR count). The molecule has 1 N–H and O–H groups in total. The van der Waals surface area contributed by atoms with Gasteiger partial charge < -0.3 is 5.32 Å². The predicted molar refractivity (Wildman–Crippen MR) is 85.9 cm³/mol. The molecule has 0 saturated carbocycles. The zero-order chi connectivity index (χ0) is 16.9. The van der Waals surface area contributed by atoms with Gasteiger partial charge in [-0.05, 0) is 36.4 Å². The van der Waals surface area contributed by atoms with E-state index in [1.807, 2.05) is 0 Å². The molecule has 5 nitrogen and oxygen atoms in total. The van der Waals surface area contributed by atoms with Crippen LogP contribution in [0, 0.1) is 5.82 Å². The summed E-state index contributed by atoms with van der Waals surface area (Å²) in [6.07, 6.45) is 0. The van der Waals surface area contributed by atoms with E-state index in [2.05, 4.69) is 5.32 Å². The fourth-order valence-corrected chi connectivity index (χ4v) is 3.43. The molecule has 122 valence electrons. The van der Waals surface area contributed by atoms with E-state index < -0.39 is 21.7 Å². The maximum atomic E-state index is 12.8. The van der Waals surface area contributed by atoms with E-state index in [9.17, 15) is 17.6 Å². The molecule has 0 spiro atoms. The average molecular weight is 336 g/mol. The number of sulfonamides is 1. The Morgan fingerprint density at radius 1 is 1.09 bits per heavy atom. The van der Waals surface area contributed by atoms with Gasteiger partial charge in [-0.25, -0.2) is 12.8 Å². The van der Waals surface area contributed by atoms with Crippen LogP contribution < -0.4 is 5.32 Å². The molecule has 1 amide bonds. The lowest BCUT2D eigenvalue weighted by molar-refractivity contribution is -0.116. The number of hydrogen-bond acceptors (Lipinski definition) is 3. The second-order valence-electron chi connectivity index (χ2n) is 4.80. The highest BCUT2D eigenvalue weighted by molar-refractivity contribution is 7.89. The Kier molecular flexibility index (Phi) is 5.46. The molecule has 2 aromatic rings. The van der Waals surface area contributed by atoms with Crippen molar-refractivity contribution in [3.05, 3.63) is 60.4 Å². The SMILES string of the molecule is CCN(CC(=O)Nc1ccc(F)cc1)S(=O)(=O)c1ccccc1. The minimum atomic E-state index is -3.73. The number of nitrogens with one attached hydrogen (secondary N) is 1. The van der Waals surface area contributed by atoms with E-state index in [0.29, 0.717) is 5.69 Å². The molecule has 0 unspecified atom stereocenters. The standard InChI is InChI=1S/C16H17FN2O3S/c1-2-19(23(21,22)15-6-4-3-5-7-15)12-16(20)18-14-10-8-13(17)9-11-14/h3-11H,2,12H2,1H3,(H,18,20). The molecule has 2 aromatic carbocycles. The molecule has 0 atom stereocenters. The smallest absolute Gasteiger partial charge is 0.243 e. The molecule has 0 bridgehead atoms. The van der Waals surface area contributed by atoms with Crippen molar-refractivity contribution >= 4 is 21.6 Å². The second kappa shape index (κ2) is 7.34. The molecule has 0 saturated heterocycles. The second-order valence-corrected chi connectivity index (χ2v) is 6.74. The maximum absolute atomic E-state index is 12.8. The molecule has 0 fully saturated rings. The summed E-state index contributed by atoms with van der Waals surface area (Å²) in [6, 6.07) is 13.2. The molecule has 0 aromatic heterocycles. The monoisotopic (exact) mass is 336 g/mol. The van der Waals surface area contributed by atoms with Crippen molar-refractivity contribution in [3.8, 4) is 0 Å². The zero-order valence-corrected chi connectivity index (χ0v) is 13.4. The van der Waals surface area contributed by atoms with Crippen LogP contribution in [0.1, 0.15) is 6.92 Å². The summed E-state index contributed by atoms with van der Waals surface area (Å²) in [5, 5.41) is 2.55. The third kappa shape index (κ3) is 4.37. The van der Waals surface area contributed by atoms with E-state index in [1.54, 1.807) is 25.1 Å². The number of rotatable bonds is 6. The molecular weight excluding hydrogens is 319 g/mol. The van der Waals surface area contributed by atoms with Gasteiger partial charge >= 0.3 is 0 Å². The van der Waals surface area contributed by atoms with Gasteiger partial charge in [0.15, 0.2) is 0 Å². The number of carbonyl (C=O) groups excluding carboxylic acids is 1. The molecule has 0 aliphatic heterocycles. The summed E-state index contributed by atoms with van der Waals surface area (Å²) < 4.78 is 38.9. The molecular formula is C16H17FN2O3S. The van der Waals surface area contributed by atoms with Crippen molar-refractivity contribution in [2.75, 3.05) is 18.4 Å². The fourth-order valence-electron chi connectivity index (χ4n) is 2.00. The van der Waals surface area contributed by atoms with Gasteiger partial charge in [0.1, 0.15) is 5.82 Å². The van der Waals surface area contributed by atoms with E-state index in [-0.39, 0.29) is 18.0 Å². The summed E-state index contributed by atoms with van der Waals surface area (Å²) in [6.45, 7) is 1.50. The van der Waals surface area contributed by atoms with Gasteiger partial charge in [0.25, 0.3) is 0 Å². The highest BCUT2D eigenvalue weighted by Crippen LogP contribution is 2.15. The first-order chi connectivity index (χ1) is 10.9. The summed E-state index contributed by atoms with van der Waals surface area (Å²) >= 11 is 0. The van der Waals surface area contributed by atoms with Crippen LogP contribution in [0.4, 0.5) is 10.1 Å². The summed E-state index contributed by atoms with van der Waals surface area (Å²) in [5.41, 5.74) is 0.407. The van der Waals surface area contributed by atoms with Crippen LogP contribution in [0.25, 0.3) is 0 Å². The Labute approximate surface area is 134 Å². The number of halogens is 1. The number of amides is 1. The first-order valence-electron chi connectivity index (χ1n) is 7.04. The van der Waals surface area contributed by atoms with E-state index in [4.69, 9.17) is 0 Å². The third-order valence-corrected chi connectivity index (χ3v) is 5.12. The Morgan fingerprint density at radius 2 is 1.70 bits per heavy atom. The predicted octanol–water partition coefficient (Wildman–Crippen LogP) is 2.48. The van der Waals surface area contributed by atoms with Crippen LogP contribution in [0.15, 0.2) is 59.5 Å². The number of anilines is 1. The van der Waals surface area contributed by atoms with Gasteiger partial charge in [-0.15, -0.1) is 0 Å². The van der Waals surface area contributed by atoms with Gasteiger partial charge in [0, 0.05) is 12.2 Å². The zero-order valence-electron chi connectivity index (χ0n) is 12.6. The van der Waals surface area contributed by atoms with E-state index in [0.717, 1.165) is 4.31 Å². The van der Waals surface area contributed by atoms with Crippen molar-refractivity contribution < 1.29 is 17.6 Å². The Morgan fingerprint density at radius 3 is 2.26 bits per heavy atom. The van der Waals surface area contributed by atoms with Crippen LogP contribution >= 0.6 is 0 Å². The van der Waals surface area contributed by atoms with Crippen LogP contribution in [0.5, 0.6) is 0 Å². The van der Waals surface area contributed by atoms with Crippen LogP contribution in [-0.4, -0.2) is 31.7 Å². The van der Waals surface area contributed by atoms with Gasteiger partial charge in [-0.3, -0.25) is 4.79 Å². The Hall–Kier alpha value is -2.25. The molecule has 0 radical (unpaired) electrons. The molecule has 0 aliphatic carbocycles. The number of benzene rings is 2. The Bertz CT molecular complexity index is 762. The highest BCUT2D eigenvalue weighted by atomic mass is 32.2. The van der Waals surface area contributed by atoms with Gasteiger partial charge in [0.2, 0.25) is 15.9 Å². The van der Waals surface area contributed by atoms with Crippen molar-refractivity contribution in [1.82, 2.24) is 4.31 Å². The lowest BCUT2D eigenvalue weighted by Crippen LogP contribution is -2.37. The van der Waals surface area contributed by atoms with Gasteiger partial charge in [-0.1, -0.05) is 25.1 Å². The van der Waals surface area contributed by atoms with Crippen molar-refractivity contribution in [2.24, 2.45) is 0 Å². The molecule has 0 heterocycles. The summed E-state index contributed by atoms with van der Waals surface area (Å²) in [7, 11) is -3.73. The number of carbonyl (C=O) groups is 1. The van der Waals surface area contributed by atoms with Crippen LogP contribution in [0.3, 0.4) is 0 Å². The maximum Gasteiger partial charge on any atom is 0.243 e. The fraction of sp³-hybridized carbons (Fsp3) is 0.188. The number of nitrogens with zero attached hydrogens (tertiary/aromatic N) is 1. The first kappa shape index (κ1) is 17.1. The first-order valence-corrected chi connectivity index (χ1v) is 8.48. The summed E-state index contributed by atoms with van der Waals surface area (Å²) in [4.78, 5) is 12.2. The third-order valence-electron chi connectivity index (χ3n) is 3.18. The minimum absolute atomic E-state index is 0.136. The topological polar surface area (TPSA) is 66.5 Å². The average Bonchev–Trinajstić information content (AvgIpc) is 2.55. The van der Waals surface area contributed by atoms with Gasteiger partial charge in [0.05, 0.1) is 11.4 Å². The lowest BCUT2D eigenvalue weighted by atomic mass is 10.3. The van der Waals surface area contributed by atoms with E-state index >= 15 is 0 Å². The van der Waals surface area contributed by atoms with Crippen molar-refractivity contribution in [2.45, 2.75) is 11.8 Å². The van der Waals surface area contributed by atoms with E-state index in [1.165, 1.54) is 36.4 Å². The highest BCUT2D eigenvalue weighted by Gasteiger charge is 2.24. The Balaban J connectivity index is 2.09. The van der Waals surface area contributed by atoms with Crippen LogP contribution in [-0.2, 0) is 14.8 Å². The number of likely N-dealkylation sites (N-methyl/N-ethyl adjacent to an activating group) is 1. The largest absolute Gasteiger partial charge is 0.325 e. The van der Waals surface area contributed by atoms with Crippen LogP contribution in [0.2, 0.25) is 0 Å².